The molecule has 1 aromatic carbocycles. The van der Waals surface area contributed by atoms with Crippen LogP contribution in [0.2, 0.25) is 0 Å². The highest BCUT2D eigenvalue weighted by Crippen LogP contribution is 2.19. The summed E-state index contributed by atoms with van der Waals surface area (Å²) in [5.74, 6) is 1.11. The van der Waals surface area contributed by atoms with E-state index in [9.17, 15) is 13.9 Å². The summed E-state index contributed by atoms with van der Waals surface area (Å²) in [6, 6.07) is 9.57. The van der Waals surface area contributed by atoms with Crippen molar-refractivity contribution < 1.29 is 23.4 Å². The number of hydrogen-bond acceptors (Lipinski definition) is 5. The molecule has 9 heteroatoms. The lowest BCUT2D eigenvalue weighted by atomic mass is 10.1. The number of rotatable bonds is 10. The Bertz CT molecular complexity index is 773. The molecule has 0 amide bonds. The summed E-state index contributed by atoms with van der Waals surface area (Å²) in [4.78, 5) is 8.70. The zero-order valence-electron chi connectivity index (χ0n) is 16.4. The fourth-order valence-corrected chi connectivity index (χ4v) is 2.50. The molecular formula is C20H26F2N4O3. The van der Waals surface area contributed by atoms with Crippen molar-refractivity contribution in [2.45, 2.75) is 33.1 Å². The van der Waals surface area contributed by atoms with Crippen LogP contribution < -0.4 is 20.1 Å². The fourth-order valence-electron chi connectivity index (χ4n) is 2.50. The molecule has 0 saturated heterocycles. The van der Waals surface area contributed by atoms with E-state index in [1.54, 1.807) is 6.20 Å². The molecule has 1 atom stereocenters. The van der Waals surface area contributed by atoms with Gasteiger partial charge in [-0.3, -0.25) is 0 Å². The number of aliphatic hydroxyl groups excluding tert-OH is 1. The zero-order chi connectivity index (χ0) is 21.1. The fraction of sp³-hybridized carbons (Fsp3) is 0.400. The van der Waals surface area contributed by atoms with Gasteiger partial charge in [0.05, 0.1) is 19.3 Å². The lowest BCUT2D eigenvalue weighted by Crippen LogP contribution is -2.39. The Balaban J connectivity index is 1.97. The summed E-state index contributed by atoms with van der Waals surface area (Å²) < 4.78 is 34.2. The number of hydrogen-bond donors (Lipinski definition) is 3. The Kier molecular flexibility index (Phi) is 9.10. The van der Waals surface area contributed by atoms with E-state index in [0.29, 0.717) is 37.1 Å². The highest BCUT2D eigenvalue weighted by atomic mass is 19.3. The van der Waals surface area contributed by atoms with E-state index in [2.05, 4.69) is 25.3 Å². The minimum atomic E-state index is -2.88. The second-order valence-corrected chi connectivity index (χ2v) is 5.94. The molecule has 0 aliphatic heterocycles. The third kappa shape index (κ3) is 7.53. The minimum absolute atomic E-state index is 0.0420. The molecule has 0 fully saturated rings. The molecule has 1 heterocycles. The summed E-state index contributed by atoms with van der Waals surface area (Å²) in [5.41, 5.74) is 1.42. The van der Waals surface area contributed by atoms with Gasteiger partial charge in [-0.05, 0) is 37.6 Å². The van der Waals surface area contributed by atoms with Gasteiger partial charge >= 0.3 is 6.61 Å². The van der Waals surface area contributed by atoms with Crippen LogP contribution in [0.25, 0.3) is 0 Å². The maximum Gasteiger partial charge on any atom is 0.387 e. The molecule has 0 bridgehead atoms. The first kappa shape index (κ1) is 22.4. The van der Waals surface area contributed by atoms with E-state index in [-0.39, 0.29) is 12.3 Å². The first-order chi connectivity index (χ1) is 14.0. The van der Waals surface area contributed by atoms with Crippen LogP contribution in [0.3, 0.4) is 0 Å². The largest absolute Gasteiger partial charge is 0.478 e. The molecule has 2 rings (SSSR count). The first-order valence-corrected chi connectivity index (χ1v) is 9.35. The van der Waals surface area contributed by atoms with Gasteiger partial charge in [-0.1, -0.05) is 18.2 Å². The average molecular weight is 408 g/mol. The van der Waals surface area contributed by atoms with Crippen LogP contribution in [0.1, 0.15) is 31.1 Å². The smallest absolute Gasteiger partial charge is 0.387 e. The Morgan fingerprint density at radius 1 is 1.17 bits per heavy atom. The van der Waals surface area contributed by atoms with Crippen molar-refractivity contribution in [1.82, 2.24) is 15.6 Å². The van der Waals surface area contributed by atoms with Crippen LogP contribution in [0.15, 0.2) is 47.6 Å². The van der Waals surface area contributed by atoms with Gasteiger partial charge in [0.2, 0.25) is 5.88 Å². The standard InChI is InChI=1S/C20H26F2N4O3/c1-3-23-20(25-12-15-6-5-11-24-18(15)28-4-2)26-13-17(27)14-7-9-16(10-8-14)29-19(21)22/h5-11,17,19,27H,3-4,12-13H2,1-2H3,(H2,23,25,26). The summed E-state index contributed by atoms with van der Waals surface area (Å²) in [6.45, 7) is 2.65. The lowest BCUT2D eigenvalue weighted by Gasteiger charge is -2.16. The molecule has 0 spiro atoms. The predicted molar refractivity (Wildman–Crippen MR) is 106 cm³/mol. The number of benzene rings is 1. The highest BCUT2D eigenvalue weighted by molar-refractivity contribution is 5.79. The second-order valence-electron chi connectivity index (χ2n) is 5.94. The van der Waals surface area contributed by atoms with Gasteiger partial charge in [-0.25, -0.2) is 9.98 Å². The number of guanidine groups is 1. The number of aliphatic imine (C=N–C) groups is 1. The van der Waals surface area contributed by atoms with Crippen LogP contribution in [-0.4, -0.2) is 42.4 Å². The van der Waals surface area contributed by atoms with E-state index in [1.165, 1.54) is 24.3 Å². The van der Waals surface area contributed by atoms with Crippen molar-refractivity contribution in [2.24, 2.45) is 4.99 Å². The predicted octanol–water partition coefficient (Wildman–Crippen LogP) is 2.87. The molecule has 1 unspecified atom stereocenters. The molecule has 2 aromatic rings. The number of aromatic nitrogens is 1. The molecule has 3 N–H and O–H groups in total. The minimum Gasteiger partial charge on any atom is -0.478 e. The van der Waals surface area contributed by atoms with Crippen molar-refractivity contribution in [3.05, 3.63) is 53.7 Å². The first-order valence-electron chi connectivity index (χ1n) is 9.35. The zero-order valence-corrected chi connectivity index (χ0v) is 16.4. The van der Waals surface area contributed by atoms with Gasteiger partial charge < -0.3 is 25.2 Å². The van der Waals surface area contributed by atoms with Crippen LogP contribution >= 0.6 is 0 Å². The molecule has 0 aliphatic rings. The SMILES string of the molecule is CCNC(=NCc1cccnc1OCC)NCC(O)c1ccc(OC(F)F)cc1. The normalized spacial score (nSPS) is 12.6. The molecule has 0 radical (unpaired) electrons. The van der Waals surface area contributed by atoms with Gasteiger partial charge in [0.1, 0.15) is 5.75 Å². The maximum atomic E-state index is 12.2. The lowest BCUT2D eigenvalue weighted by molar-refractivity contribution is -0.0498. The van der Waals surface area contributed by atoms with E-state index in [4.69, 9.17) is 4.74 Å². The van der Waals surface area contributed by atoms with Gasteiger partial charge in [0, 0.05) is 24.8 Å². The van der Waals surface area contributed by atoms with Crippen LogP contribution in [-0.2, 0) is 6.54 Å². The number of aliphatic hydroxyl groups is 1. The van der Waals surface area contributed by atoms with E-state index in [1.807, 2.05) is 26.0 Å². The van der Waals surface area contributed by atoms with Crippen molar-refractivity contribution in [3.8, 4) is 11.6 Å². The van der Waals surface area contributed by atoms with Gasteiger partial charge in [-0.2, -0.15) is 8.78 Å². The van der Waals surface area contributed by atoms with Crippen LogP contribution in [0.4, 0.5) is 8.78 Å². The Hall–Kier alpha value is -2.94. The molecule has 158 valence electrons. The number of alkyl halides is 2. The maximum absolute atomic E-state index is 12.2. The van der Waals surface area contributed by atoms with Gasteiger partial charge in [0.15, 0.2) is 5.96 Å². The van der Waals surface area contributed by atoms with Crippen LogP contribution in [0.5, 0.6) is 11.6 Å². The number of nitrogens with zero attached hydrogens (tertiary/aromatic N) is 2. The van der Waals surface area contributed by atoms with Gasteiger partial charge in [0.25, 0.3) is 0 Å². The number of ether oxygens (including phenoxy) is 2. The van der Waals surface area contributed by atoms with Crippen molar-refractivity contribution in [2.75, 3.05) is 19.7 Å². The number of nitrogens with one attached hydrogen (secondary N) is 2. The molecule has 29 heavy (non-hydrogen) atoms. The molecule has 1 aromatic heterocycles. The van der Waals surface area contributed by atoms with E-state index >= 15 is 0 Å². The number of halogens is 2. The average Bonchev–Trinajstić information content (AvgIpc) is 2.71. The summed E-state index contributed by atoms with van der Waals surface area (Å²) >= 11 is 0. The highest BCUT2D eigenvalue weighted by Gasteiger charge is 2.11. The van der Waals surface area contributed by atoms with Crippen molar-refractivity contribution in [1.29, 1.82) is 0 Å². The third-order valence-electron chi connectivity index (χ3n) is 3.84. The molecule has 0 saturated carbocycles. The Morgan fingerprint density at radius 3 is 2.59 bits per heavy atom. The molecule has 0 aliphatic carbocycles. The second kappa shape index (κ2) is 11.8. The topological polar surface area (TPSA) is 88.0 Å². The summed E-state index contributed by atoms with van der Waals surface area (Å²) in [5, 5.41) is 16.5. The quantitative estimate of drug-likeness (QED) is 0.414. The van der Waals surface area contributed by atoms with Gasteiger partial charge in [-0.15, -0.1) is 0 Å². The van der Waals surface area contributed by atoms with E-state index < -0.39 is 12.7 Å². The summed E-state index contributed by atoms with van der Waals surface area (Å²) in [7, 11) is 0. The van der Waals surface area contributed by atoms with Crippen molar-refractivity contribution >= 4 is 5.96 Å². The molecule has 7 nitrogen and oxygen atoms in total. The number of pyridine rings is 1. The Morgan fingerprint density at radius 2 is 1.93 bits per heavy atom. The van der Waals surface area contributed by atoms with E-state index in [0.717, 1.165) is 5.56 Å². The Labute approximate surface area is 168 Å². The van der Waals surface area contributed by atoms with Crippen molar-refractivity contribution in [3.63, 3.8) is 0 Å². The monoisotopic (exact) mass is 408 g/mol. The van der Waals surface area contributed by atoms with Crippen LogP contribution in [0, 0.1) is 0 Å². The third-order valence-corrected chi connectivity index (χ3v) is 3.84. The summed E-state index contributed by atoms with van der Waals surface area (Å²) in [6.07, 6.45) is 0.812. The molecular weight excluding hydrogens is 382 g/mol.